The number of hydrogen-bond acceptors (Lipinski definition) is 5. The first-order valence-corrected chi connectivity index (χ1v) is 13.8. The number of hydrazone groups is 1. The Morgan fingerprint density at radius 2 is 1.66 bits per heavy atom. The molecule has 0 saturated heterocycles. The van der Waals surface area contributed by atoms with Crippen LogP contribution in [-0.2, 0) is 14.8 Å². The fraction of sp³-hybridized carbons (Fsp3) is 0.192. The predicted octanol–water partition coefficient (Wildman–Crippen LogP) is 3.37. The highest BCUT2D eigenvalue weighted by Crippen LogP contribution is 2.30. The number of hydrogen-bond donors (Lipinski definition) is 3. The quantitative estimate of drug-likeness (QED) is 0.279. The van der Waals surface area contributed by atoms with Crippen molar-refractivity contribution in [2.24, 2.45) is 15.2 Å². The van der Waals surface area contributed by atoms with Gasteiger partial charge in [-0.1, -0.05) is 65.7 Å². The Morgan fingerprint density at radius 3 is 2.26 bits per heavy atom. The van der Waals surface area contributed by atoms with Gasteiger partial charge in [-0.3, -0.25) is 4.79 Å². The molecule has 0 fully saturated rings. The summed E-state index contributed by atoms with van der Waals surface area (Å²) in [7, 11) is -4.19. The van der Waals surface area contributed by atoms with Gasteiger partial charge in [0, 0.05) is 22.5 Å². The number of nitrogens with zero attached hydrogens (tertiary/aromatic N) is 3. The standard InChI is InChI=1S/C26H25Cl2N5O4S/c27-19-8-6-18(7-9-19)25-23(17-4-2-1-3-5-17)16-33(31-25)26(30-15-21(34)14-24(29)35)32-38(36,37)22-12-10-20(28)11-13-22/h1-13,21,23,34H,14-16H2,(H2,29,35)(H,30,32). The monoisotopic (exact) mass is 573 g/mol. The molecule has 2 unspecified atom stereocenters. The Balaban J connectivity index is 1.74. The van der Waals surface area contributed by atoms with Crippen LogP contribution < -0.4 is 11.1 Å². The number of guanidine groups is 1. The van der Waals surface area contributed by atoms with E-state index in [1.165, 1.54) is 29.3 Å². The van der Waals surface area contributed by atoms with E-state index in [-0.39, 0.29) is 36.3 Å². The average Bonchev–Trinajstić information content (AvgIpc) is 3.33. The van der Waals surface area contributed by atoms with Crippen molar-refractivity contribution >= 4 is 50.8 Å². The van der Waals surface area contributed by atoms with Crippen LogP contribution in [0.5, 0.6) is 0 Å². The summed E-state index contributed by atoms with van der Waals surface area (Å²) in [6, 6.07) is 22.4. The molecule has 4 N–H and O–H groups in total. The van der Waals surface area contributed by atoms with Crippen LogP contribution in [0.3, 0.4) is 0 Å². The van der Waals surface area contributed by atoms with Gasteiger partial charge in [0.1, 0.15) is 0 Å². The summed E-state index contributed by atoms with van der Waals surface area (Å²) in [6.45, 7) is 0.0755. The smallest absolute Gasteiger partial charge is 0.285 e. The van der Waals surface area contributed by atoms with Crippen LogP contribution in [-0.4, -0.2) is 55.3 Å². The van der Waals surface area contributed by atoms with E-state index in [4.69, 9.17) is 34.0 Å². The minimum atomic E-state index is -4.19. The van der Waals surface area contributed by atoms with Crippen molar-refractivity contribution in [1.29, 1.82) is 0 Å². The molecule has 38 heavy (non-hydrogen) atoms. The van der Waals surface area contributed by atoms with Crippen molar-refractivity contribution in [3.8, 4) is 0 Å². The highest BCUT2D eigenvalue weighted by molar-refractivity contribution is 7.90. The fourth-order valence-corrected chi connectivity index (χ4v) is 5.14. The zero-order valence-electron chi connectivity index (χ0n) is 20.0. The van der Waals surface area contributed by atoms with E-state index in [1.807, 2.05) is 42.5 Å². The normalized spacial score (nSPS) is 16.7. The number of aliphatic hydroxyl groups is 1. The van der Waals surface area contributed by atoms with Crippen molar-refractivity contribution in [3.05, 3.63) is 100 Å². The third-order valence-corrected chi connectivity index (χ3v) is 7.54. The molecule has 2 atom stereocenters. The average molecular weight is 574 g/mol. The maximum Gasteiger partial charge on any atom is 0.285 e. The number of carbonyl (C=O) groups excluding carboxylic acids is 1. The van der Waals surface area contributed by atoms with Gasteiger partial charge in [0.25, 0.3) is 10.0 Å². The first-order chi connectivity index (χ1) is 18.1. The number of primary amides is 1. The number of halogens is 2. The Morgan fingerprint density at radius 1 is 1.05 bits per heavy atom. The molecule has 0 aromatic heterocycles. The molecule has 12 heteroatoms. The number of benzene rings is 3. The van der Waals surface area contributed by atoms with Crippen LogP contribution in [0.1, 0.15) is 23.5 Å². The lowest BCUT2D eigenvalue weighted by Crippen LogP contribution is -2.42. The van der Waals surface area contributed by atoms with E-state index in [1.54, 1.807) is 12.1 Å². The van der Waals surface area contributed by atoms with Crippen LogP contribution in [0.4, 0.5) is 0 Å². The molecule has 9 nitrogen and oxygen atoms in total. The lowest BCUT2D eigenvalue weighted by atomic mass is 9.91. The van der Waals surface area contributed by atoms with E-state index < -0.39 is 22.0 Å². The number of sulfonamides is 1. The number of aliphatic hydroxyl groups excluding tert-OH is 1. The van der Waals surface area contributed by atoms with Gasteiger partial charge in [-0.15, -0.1) is 4.40 Å². The number of carbonyl (C=O) groups is 1. The van der Waals surface area contributed by atoms with Gasteiger partial charge in [0.05, 0.1) is 29.7 Å². The van der Waals surface area contributed by atoms with E-state index in [9.17, 15) is 18.3 Å². The van der Waals surface area contributed by atoms with Crippen molar-refractivity contribution in [3.63, 3.8) is 0 Å². The van der Waals surface area contributed by atoms with Crippen LogP contribution in [0.15, 0.2) is 93.3 Å². The topological polar surface area (TPSA) is 137 Å². The van der Waals surface area contributed by atoms with Gasteiger partial charge in [0.2, 0.25) is 11.9 Å². The van der Waals surface area contributed by atoms with Gasteiger partial charge in [-0.2, -0.15) is 13.5 Å². The number of nitrogens with one attached hydrogen (secondary N) is 1. The second-order valence-electron chi connectivity index (χ2n) is 8.59. The summed E-state index contributed by atoms with van der Waals surface area (Å²) in [5.41, 5.74) is 7.64. The van der Waals surface area contributed by atoms with E-state index >= 15 is 0 Å². The van der Waals surface area contributed by atoms with E-state index in [2.05, 4.69) is 9.71 Å². The molecule has 0 saturated carbocycles. The summed E-state index contributed by atoms with van der Waals surface area (Å²) in [5.74, 6) is -1.04. The lowest BCUT2D eigenvalue weighted by Gasteiger charge is -2.20. The molecule has 4 rings (SSSR count). The minimum absolute atomic E-state index is 0.0698. The van der Waals surface area contributed by atoms with Crippen molar-refractivity contribution in [2.45, 2.75) is 23.3 Å². The Kier molecular flexibility index (Phi) is 8.68. The lowest BCUT2D eigenvalue weighted by molar-refractivity contribution is -0.119. The Bertz CT molecular complexity index is 1450. The van der Waals surface area contributed by atoms with Gasteiger partial charge in [0.15, 0.2) is 0 Å². The highest BCUT2D eigenvalue weighted by Gasteiger charge is 2.32. The van der Waals surface area contributed by atoms with Gasteiger partial charge in [-0.25, -0.2) is 5.01 Å². The molecule has 198 valence electrons. The molecule has 1 aliphatic rings. The molecule has 1 heterocycles. The maximum atomic E-state index is 13.2. The van der Waals surface area contributed by atoms with Crippen LogP contribution in [0.25, 0.3) is 0 Å². The molecular weight excluding hydrogens is 549 g/mol. The number of rotatable bonds is 8. The molecule has 3 aromatic carbocycles. The van der Waals surface area contributed by atoms with Crippen molar-refractivity contribution in [2.75, 3.05) is 13.1 Å². The summed E-state index contributed by atoms with van der Waals surface area (Å²) in [4.78, 5) is 11.2. The third kappa shape index (κ3) is 6.90. The molecule has 0 aliphatic carbocycles. The van der Waals surface area contributed by atoms with E-state index in [0.29, 0.717) is 15.8 Å². The first-order valence-electron chi connectivity index (χ1n) is 11.6. The van der Waals surface area contributed by atoms with Crippen molar-refractivity contribution < 1.29 is 18.3 Å². The number of amides is 1. The molecule has 1 amide bonds. The third-order valence-electron chi connectivity index (χ3n) is 5.75. The highest BCUT2D eigenvalue weighted by atomic mass is 35.5. The minimum Gasteiger partial charge on any atom is -0.391 e. The molecule has 1 aliphatic heterocycles. The van der Waals surface area contributed by atoms with Crippen LogP contribution in [0, 0.1) is 0 Å². The zero-order chi connectivity index (χ0) is 27.3. The molecular formula is C26H25Cl2N5O4S. The molecule has 0 bridgehead atoms. The Labute approximate surface area is 230 Å². The SMILES string of the molecule is NC(=O)CC(O)CN/C(=N/S(=O)(=O)c1ccc(Cl)cc1)N1CC(c2ccccc2)C(c2ccc(Cl)cc2)=N1. The van der Waals surface area contributed by atoms with E-state index in [0.717, 1.165) is 11.1 Å². The van der Waals surface area contributed by atoms with Gasteiger partial charge in [-0.05, 0) is 47.5 Å². The Hall–Kier alpha value is -3.44. The van der Waals surface area contributed by atoms with Gasteiger partial charge < -0.3 is 16.2 Å². The second kappa shape index (κ2) is 12.0. The molecule has 0 spiro atoms. The largest absolute Gasteiger partial charge is 0.391 e. The molecule has 3 aromatic rings. The van der Waals surface area contributed by atoms with Crippen molar-refractivity contribution in [1.82, 2.24) is 10.3 Å². The molecule has 0 radical (unpaired) electrons. The van der Waals surface area contributed by atoms with Crippen LogP contribution in [0.2, 0.25) is 10.0 Å². The summed E-state index contributed by atoms with van der Waals surface area (Å²) >= 11 is 12.0. The number of nitrogens with two attached hydrogens (primary N) is 1. The summed E-state index contributed by atoms with van der Waals surface area (Å²) < 4.78 is 30.4. The van der Waals surface area contributed by atoms with Gasteiger partial charge >= 0.3 is 0 Å². The predicted molar refractivity (Wildman–Crippen MR) is 148 cm³/mol. The first kappa shape index (κ1) is 27.6. The summed E-state index contributed by atoms with van der Waals surface area (Å²) in [6.07, 6.45) is -1.47. The zero-order valence-corrected chi connectivity index (χ0v) is 22.4. The van der Waals surface area contributed by atoms with Crippen LogP contribution >= 0.6 is 23.2 Å². The summed E-state index contributed by atoms with van der Waals surface area (Å²) in [5, 5.41) is 20.2. The second-order valence-corrected chi connectivity index (χ2v) is 11.1. The maximum absolute atomic E-state index is 13.2. The fourth-order valence-electron chi connectivity index (χ4n) is 3.92.